The smallest absolute Gasteiger partial charge is 0.0994 e. The first kappa shape index (κ1) is 9.53. The molecule has 0 spiro atoms. The number of hydrogen-bond acceptors (Lipinski definition) is 1. The monoisotopic (exact) mass is 271 g/mol. The van der Waals surface area contributed by atoms with Crippen LogP contribution in [0.4, 0.5) is 0 Å². The second-order valence-corrected chi connectivity index (χ2v) is 3.83. The first-order valence-electron chi connectivity index (χ1n) is 3.88. The van der Waals surface area contributed by atoms with E-state index in [-0.39, 0.29) is 0 Å². The summed E-state index contributed by atoms with van der Waals surface area (Å²) in [6.07, 6.45) is 1.000. The zero-order valence-electron chi connectivity index (χ0n) is 7.19. The Labute approximate surface area is 86.5 Å². The lowest BCUT2D eigenvalue weighted by Crippen LogP contribution is -1.94. The van der Waals surface area contributed by atoms with Crippen LogP contribution < -0.4 is 0 Å². The number of benzene rings is 1. The Balaban J connectivity index is 3.36. The standard InChI is InChI=1S/C10H10IN/c1-3-9-7(2)8(6-12)4-5-10(9)11/h4-5H,3H2,1-2H3. The van der Waals surface area contributed by atoms with E-state index in [4.69, 9.17) is 5.26 Å². The van der Waals surface area contributed by atoms with Crippen LogP contribution in [0.3, 0.4) is 0 Å². The quantitative estimate of drug-likeness (QED) is 0.720. The van der Waals surface area contributed by atoms with Gasteiger partial charge in [-0.2, -0.15) is 5.26 Å². The maximum atomic E-state index is 8.78. The SMILES string of the molecule is CCc1c(I)ccc(C#N)c1C. The molecule has 0 unspecified atom stereocenters. The lowest BCUT2D eigenvalue weighted by Gasteiger charge is -2.06. The minimum absolute atomic E-state index is 0.798. The largest absolute Gasteiger partial charge is 0.192 e. The zero-order valence-corrected chi connectivity index (χ0v) is 9.34. The van der Waals surface area contributed by atoms with E-state index in [0.29, 0.717) is 0 Å². The van der Waals surface area contributed by atoms with Crippen LogP contribution in [0.5, 0.6) is 0 Å². The van der Waals surface area contributed by atoms with E-state index in [0.717, 1.165) is 17.5 Å². The fourth-order valence-electron chi connectivity index (χ4n) is 1.28. The van der Waals surface area contributed by atoms with Crippen LogP contribution in [0.2, 0.25) is 0 Å². The molecule has 0 amide bonds. The average Bonchev–Trinajstić information content (AvgIpc) is 2.06. The molecule has 0 bridgehead atoms. The van der Waals surface area contributed by atoms with E-state index in [1.807, 2.05) is 19.1 Å². The van der Waals surface area contributed by atoms with Crippen LogP contribution in [-0.2, 0) is 6.42 Å². The summed E-state index contributed by atoms with van der Waals surface area (Å²) in [5, 5.41) is 8.78. The van der Waals surface area contributed by atoms with E-state index in [1.165, 1.54) is 9.13 Å². The van der Waals surface area contributed by atoms with Crippen molar-refractivity contribution in [1.82, 2.24) is 0 Å². The van der Waals surface area contributed by atoms with E-state index in [9.17, 15) is 0 Å². The summed E-state index contributed by atoms with van der Waals surface area (Å²) < 4.78 is 1.26. The third kappa shape index (κ3) is 1.61. The van der Waals surface area contributed by atoms with Crippen LogP contribution in [-0.4, -0.2) is 0 Å². The molecule has 12 heavy (non-hydrogen) atoms. The lowest BCUT2D eigenvalue weighted by molar-refractivity contribution is 1.09. The predicted octanol–water partition coefficient (Wildman–Crippen LogP) is 3.03. The number of hydrogen-bond donors (Lipinski definition) is 0. The molecule has 1 nitrogen and oxygen atoms in total. The van der Waals surface area contributed by atoms with Crippen LogP contribution >= 0.6 is 22.6 Å². The molecule has 0 heterocycles. The molecule has 0 N–H and O–H groups in total. The van der Waals surface area contributed by atoms with E-state index < -0.39 is 0 Å². The van der Waals surface area contributed by atoms with Crippen molar-refractivity contribution in [3.05, 3.63) is 32.4 Å². The molecule has 0 aliphatic heterocycles. The molecule has 1 aromatic rings. The summed E-state index contributed by atoms with van der Waals surface area (Å²) in [6.45, 7) is 4.13. The zero-order chi connectivity index (χ0) is 9.14. The van der Waals surface area contributed by atoms with Gasteiger partial charge >= 0.3 is 0 Å². The fraction of sp³-hybridized carbons (Fsp3) is 0.300. The molecule has 2 heteroatoms. The molecule has 0 atom stereocenters. The second kappa shape index (κ2) is 3.90. The fourth-order valence-corrected chi connectivity index (χ4v) is 2.24. The van der Waals surface area contributed by atoms with Gasteiger partial charge in [0.05, 0.1) is 11.6 Å². The van der Waals surface area contributed by atoms with Crippen molar-refractivity contribution in [2.45, 2.75) is 20.3 Å². The Morgan fingerprint density at radius 2 is 2.17 bits per heavy atom. The van der Waals surface area contributed by atoms with Gasteiger partial charge in [0.1, 0.15) is 0 Å². The Morgan fingerprint density at radius 1 is 1.50 bits per heavy atom. The number of rotatable bonds is 1. The van der Waals surface area contributed by atoms with Gasteiger partial charge in [-0.05, 0) is 59.2 Å². The van der Waals surface area contributed by atoms with E-state index in [1.54, 1.807) is 0 Å². The molecule has 0 aromatic heterocycles. The van der Waals surface area contributed by atoms with Gasteiger partial charge < -0.3 is 0 Å². The molecule has 0 fully saturated rings. The first-order chi connectivity index (χ1) is 5.70. The van der Waals surface area contributed by atoms with Crippen molar-refractivity contribution in [2.24, 2.45) is 0 Å². The van der Waals surface area contributed by atoms with Gasteiger partial charge in [-0.1, -0.05) is 6.92 Å². The van der Waals surface area contributed by atoms with Crippen molar-refractivity contribution < 1.29 is 0 Å². The number of nitrogens with zero attached hydrogens (tertiary/aromatic N) is 1. The second-order valence-electron chi connectivity index (χ2n) is 2.66. The molecule has 1 rings (SSSR count). The molecular formula is C10H10IN. The minimum atomic E-state index is 0.798. The summed E-state index contributed by atoms with van der Waals surface area (Å²) >= 11 is 2.31. The highest BCUT2D eigenvalue weighted by atomic mass is 127. The number of nitriles is 1. The van der Waals surface area contributed by atoms with Gasteiger partial charge in [-0.25, -0.2) is 0 Å². The third-order valence-electron chi connectivity index (χ3n) is 2.02. The lowest BCUT2D eigenvalue weighted by atomic mass is 10.0. The van der Waals surface area contributed by atoms with Gasteiger partial charge in [0.2, 0.25) is 0 Å². The molecule has 0 aliphatic carbocycles. The highest BCUT2D eigenvalue weighted by molar-refractivity contribution is 14.1. The molecule has 0 saturated carbocycles. The van der Waals surface area contributed by atoms with Crippen LogP contribution in [0.15, 0.2) is 12.1 Å². The van der Waals surface area contributed by atoms with Crippen LogP contribution in [0.1, 0.15) is 23.6 Å². The Bertz CT molecular complexity index is 336. The maximum absolute atomic E-state index is 8.78. The Hall–Kier alpha value is -0.560. The summed E-state index contributed by atoms with van der Waals surface area (Å²) in [5.41, 5.74) is 3.23. The third-order valence-corrected chi connectivity index (χ3v) is 3.03. The topological polar surface area (TPSA) is 23.8 Å². The molecule has 62 valence electrons. The maximum Gasteiger partial charge on any atom is 0.0994 e. The van der Waals surface area contributed by atoms with Gasteiger partial charge in [0.25, 0.3) is 0 Å². The average molecular weight is 271 g/mol. The Kier molecular flexibility index (Phi) is 3.10. The predicted molar refractivity (Wildman–Crippen MR) is 58.0 cm³/mol. The van der Waals surface area contributed by atoms with E-state index in [2.05, 4.69) is 35.6 Å². The summed E-state index contributed by atoms with van der Waals surface area (Å²) in [7, 11) is 0. The van der Waals surface area contributed by atoms with Gasteiger partial charge in [0, 0.05) is 3.57 Å². The van der Waals surface area contributed by atoms with Gasteiger partial charge in [-0.15, -0.1) is 0 Å². The highest BCUT2D eigenvalue weighted by Crippen LogP contribution is 2.20. The van der Waals surface area contributed by atoms with E-state index >= 15 is 0 Å². The molecular weight excluding hydrogens is 261 g/mol. The minimum Gasteiger partial charge on any atom is -0.192 e. The molecule has 0 saturated heterocycles. The number of halogens is 1. The van der Waals surface area contributed by atoms with Crippen molar-refractivity contribution in [2.75, 3.05) is 0 Å². The van der Waals surface area contributed by atoms with Gasteiger partial charge in [0.15, 0.2) is 0 Å². The molecule has 1 aromatic carbocycles. The van der Waals surface area contributed by atoms with Crippen molar-refractivity contribution in [3.63, 3.8) is 0 Å². The first-order valence-corrected chi connectivity index (χ1v) is 4.96. The van der Waals surface area contributed by atoms with Crippen LogP contribution in [0, 0.1) is 21.8 Å². The van der Waals surface area contributed by atoms with Crippen molar-refractivity contribution in [3.8, 4) is 6.07 Å². The van der Waals surface area contributed by atoms with Gasteiger partial charge in [-0.3, -0.25) is 0 Å². The van der Waals surface area contributed by atoms with Crippen molar-refractivity contribution in [1.29, 1.82) is 5.26 Å². The summed E-state index contributed by atoms with van der Waals surface area (Å²) in [5.74, 6) is 0. The Morgan fingerprint density at radius 3 is 2.67 bits per heavy atom. The summed E-state index contributed by atoms with van der Waals surface area (Å²) in [4.78, 5) is 0. The van der Waals surface area contributed by atoms with Crippen molar-refractivity contribution >= 4 is 22.6 Å². The van der Waals surface area contributed by atoms with Crippen LogP contribution in [0.25, 0.3) is 0 Å². The molecule has 0 radical (unpaired) electrons. The summed E-state index contributed by atoms with van der Waals surface area (Å²) in [6, 6.07) is 6.08. The molecule has 0 aliphatic rings. The normalized spacial score (nSPS) is 9.50. The highest BCUT2D eigenvalue weighted by Gasteiger charge is 2.05.